The molecule has 2 rings (SSSR count). The fourth-order valence-corrected chi connectivity index (χ4v) is 3.57. The number of amides is 1. The van der Waals surface area contributed by atoms with Gasteiger partial charge < -0.3 is 20.1 Å². The molecule has 1 aliphatic rings. The molecule has 0 spiro atoms. The summed E-state index contributed by atoms with van der Waals surface area (Å²) in [6.07, 6.45) is 3.81. The Morgan fingerprint density at radius 1 is 1.27 bits per heavy atom. The molecule has 3 atom stereocenters. The van der Waals surface area contributed by atoms with Gasteiger partial charge in [-0.2, -0.15) is 0 Å². The molecule has 148 valence electrons. The Bertz CT molecular complexity index is 562. The van der Waals surface area contributed by atoms with E-state index in [9.17, 15) is 4.79 Å². The van der Waals surface area contributed by atoms with Gasteiger partial charge in [-0.15, -0.1) is 12.4 Å². The summed E-state index contributed by atoms with van der Waals surface area (Å²) >= 11 is 0. The lowest BCUT2D eigenvalue weighted by molar-refractivity contribution is -0.122. The highest BCUT2D eigenvalue weighted by atomic mass is 35.5. The van der Waals surface area contributed by atoms with Crippen LogP contribution in [-0.4, -0.2) is 39.3 Å². The van der Waals surface area contributed by atoms with Crippen LogP contribution < -0.4 is 20.1 Å². The van der Waals surface area contributed by atoms with Gasteiger partial charge in [0.1, 0.15) is 0 Å². The van der Waals surface area contributed by atoms with E-state index >= 15 is 0 Å². The van der Waals surface area contributed by atoms with Crippen molar-refractivity contribution in [2.75, 3.05) is 27.3 Å². The molecule has 3 unspecified atom stereocenters. The summed E-state index contributed by atoms with van der Waals surface area (Å²) in [4.78, 5) is 12.3. The highest BCUT2D eigenvalue weighted by Gasteiger charge is 2.22. The fraction of sp³-hybridized carbons (Fsp3) is 0.650. The predicted octanol–water partition coefficient (Wildman–Crippen LogP) is 3.20. The molecule has 1 aromatic rings. The molecule has 1 aromatic carbocycles. The minimum atomic E-state index is 0. The van der Waals surface area contributed by atoms with Crippen LogP contribution >= 0.6 is 12.4 Å². The first-order chi connectivity index (χ1) is 12.0. The van der Waals surface area contributed by atoms with Crippen LogP contribution in [0.25, 0.3) is 0 Å². The molecule has 0 bridgehead atoms. The Balaban J connectivity index is 0.00000338. The molecule has 0 radical (unpaired) electrons. The van der Waals surface area contributed by atoms with E-state index < -0.39 is 0 Å². The number of nitrogens with one attached hydrogen (secondary N) is 2. The van der Waals surface area contributed by atoms with E-state index in [1.807, 2.05) is 25.1 Å². The van der Waals surface area contributed by atoms with Crippen molar-refractivity contribution in [3.8, 4) is 11.5 Å². The molecular weight excluding hydrogens is 352 g/mol. The normalized spacial score (nSPS) is 19.0. The van der Waals surface area contributed by atoms with Crippen molar-refractivity contribution in [3.05, 3.63) is 23.8 Å². The zero-order chi connectivity index (χ0) is 18.2. The first-order valence-electron chi connectivity index (χ1n) is 9.24. The molecule has 1 aliphatic heterocycles. The molecule has 6 heteroatoms. The number of rotatable bonds is 8. The lowest BCUT2D eigenvalue weighted by atomic mass is 9.85. The molecular formula is C20H33ClN2O3. The highest BCUT2D eigenvalue weighted by molar-refractivity contribution is 5.85. The van der Waals surface area contributed by atoms with Crippen molar-refractivity contribution in [1.82, 2.24) is 10.6 Å². The van der Waals surface area contributed by atoms with Gasteiger partial charge in [-0.1, -0.05) is 13.0 Å². The summed E-state index contributed by atoms with van der Waals surface area (Å²) in [7, 11) is 3.26. The summed E-state index contributed by atoms with van der Waals surface area (Å²) in [6, 6.07) is 5.97. The van der Waals surface area contributed by atoms with E-state index in [2.05, 4.69) is 17.6 Å². The maximum Gasteiger partial charge on any atom is 0.220 e. The third-order valence-electron chi connectivity index (χ3n) is 5.04. The lowest BCUT2D eigenvalue weighted by Crippen LogP contribution is -2.38. The van der Waals surface area contributed by atoms with Crippen LogP contribution in [-0.2, 0) is 11.2 Å². The zero-order valence-electron chi connectivity index (χ0n) is 16.3. The van der Waals surface area contributed by atoms with Crippen molar-refractivity contribution in [2.24, 2.45) is 11.8 Å². The Morgan fingerprint density at radius 2 is 2.00 bits per heavy atom. The Kier molecular flexibility index (Phi) is 9.81. The minimum Gasteiger partial charge on any atom is -0.493 e. The van der Waals surface area contributed by atoms with Gasteiger partial charge in [-0.3, -0.25) is 4.79 Å². The van der Waals surface area contributed by atoms with E-state index in [-0.39, 0.29) is 24.4 Å². The number of piperidine rings is 1. The van der Waals surface area contributed by atoms with Gasteiger partial charge in [0.15, 0.2) is 11.5 Å². The number of hydrogen-bond donors (Lipinski definition) is 2. The average molecular weight is 385 g/mol. The second kappa shape index (κ2) is 11.3. The quantitative estimate of drug-likeness (QED) is 0.722. The lowest BCUT2D eigenvalue weighted by Gasteiger charge is -2.28. The second-order valence-electron chi connectivity index (χ2n) is 7.15. The molecule has 0 saturated carbocycles. The van der Waals surface area contributed by atoms with Crippen molar-refractivity contribution in [2.45, 2.75) is 45.6 Å². The van der Waals surface area contributed by atoms with E-state index in [4.69, 9.17) is 9.47 Å². The Labute approximate surface area is 163 Å². The van der Waals surface area contributed by atoms with Gasteiger partial charge in [-0.25, -0.2) is 0 Å². The standard InChI is InChI=1S/C20H32N2O3.ClH/c1-14(17-6-5-9-21-13-17)10-20(23)22-15(2)11-16-7-8-18(24-3)19(12-16)25-4;/h7-8,12,14-15,17,21H,5-6,9-11,13H2,1-4H3,(H,22,23);1H. The number of halogens is 1. The van der Waals surface area contributed by atoms with E-state index in [1.165, 1.54) is 12.8 Å². The number of carbonyl (C=O) groups is 1. The largest absolute Gasteiger partial charge is 0.493 e. The number of ether oxygens (including phenoxy) is 2. The van der Waals surface area contributed by atoms with Crippen LogP contribution in [0.3, 0.4) is 0 Å². The molecule has 0 aliphatic carbocycles. The molecule has 5 nitrogen and oxygen atoms in total. The topological polar surface area (TPSA) is 59.6 Å². The van der Waals surface area contributed by atoms with Crippen molar-refractivity contribution in [1.29, 1.82) is 0 Å². The van der Waals surface area contributed by atoms with Gasteiger partial charge >= 0.3 is 0 Å². The smallest absolute Gasteiger partial charge is 0.220 e. The van der Waals surface area contributed by atoms with Crippen LogP contribution in [0.1, 0.15) is 38.7 Å². The van der Waals surface area contributed by atoms with Gasteiger partial charge in [0.25, 0.3) is 0 Å². The highest BCUT2D eigenvalue weighted by Crippen LogP contribution is 2.28. The van der Waals surface area contributed by atoms with Crippen molar-refractivity contribution >= 4 is 18.3 Å². The van der Waals surface area contributed by atoms with Crippen LogP contribution in [0.4, 0.5) is 0 Å². The number of methoxy groups -OCH3 is 2. The maximum atomic E-state index is 12.3. The summed E-state index contributed by atoms with van der Waals surface area (Å²) in [6.45, 7) is 6.38. The first kappa shape index (κ1) is 22.6. The number of carbonyl (C=O) groups excluding carboxylic acids is 1. The summed E-state index contributed by atoms with van der Waals surface area (Å²) in [5, 5.41) is 6.56. The summed E-state index contributed by atoms with van der Waals surface area (Å²) < 4.78 is 10.6. The average Bonchev–Trinajstić information content (AvgIpc) is 2.62. The van der Waals surface area contributed by atoms with Crippen LogP contribution in [0.2, 0.25) is 0 Å². The molecule has 1 fully saturated rings. The molecule has 0 aromatic heterocycles. The van der Waals surface area contributed by atoms with Crippen LogP contribution in [0.15, 0.2) is 18.2 Å². The first-order valence-corrected chi connectivity index (χ1v) is 9.24. The number of benzene rings is 1. The van der Waals surface area contributed by atoms with Crippen LogP contribution in [0, 0.1) is 11.8 Å². The van der Waals surface area contributed by atoms with E-state index in [0.717, 1.165) is 36.6 Å². The molecule has 1 amide bonds. The molecule has 26 heavy (non-hydrogen) atoms. The predicted molar refractivity (Wildman–Crippen MR) is 107 cm³/mol. The summed E-state index contributed by atoms with van der Waals surface area (Å²) in [5.74, 6) is 2.61. The third kappa shape index (κ3) is 6.69. The van der Waals surface area contributed by atoms with Gasteiger partial charge in [0.05, 0.1) is 14.2 Å². The minimum absolute atomic E-state index is 0. The fourth-order valence-electron chi connectivity index (χ4n) is 3.57. The van der Waals surface area contributed by atoms with Gasteiger partial charge in [0, 0.05) is 12.5 Å². The zero-order valence-corrected chi connectivity index (χ0v) is 17.2. The van der Waals surface area contributed by atoms with E-state index in [0.29, 0.717) is 18.3 Å². The Hall–Kier alpha value is -1.46. The van der Waals surface area contributed by atoms with E-state index in [1.54, 1.807) is 14.2 Å². The van der Waals surface area contributed by atoms with Crippen molar-refractivity contribution < 1.29 is 14.3 Å². The Morgan fingerprint density at radius 3 is 2.62 bits per heavy atom. The monoisotopic (exact) mass is 384 g/mol. The van der Waals surface area contributed by atoms with Crippen LogP contribution in [0.5, 0.6) is 11.5 Å². The maximum absolute atomic E-state index is 12.3. The molecule has 1 heterocycles. The SMILES string of the molecule is COc1ccc(CC(C)NC(=O)CC(C)C2CCCNC2)cc1OC.Cl. The van der Waals surface area contributed by atoms with Gasteiger partial charge in [-0.05, 0) is 68.8 Å². The summed E-state index contributed by atoms with van der Waals surface area (Å²) in [5.41, 5.74) is 1.12. The third-order valence-corrected chi connectivity index (χ3v) is 5.04. The molecule has 2 N–H and O–H groups in total. The second-order valence-corrected chi connectivity index (χ2v) is 7.15. The number of hydrogen-bond acceptors (Lipinski definition) is 4. The van der Waals surface area contributed by atoms with Gasteiger partial charge in [0.2, 0.25) is 5.91 Å². The van der Waals surface area contributed by atoms with Crippen molar-refractivity contribution in [3.63, 3.8) is 0 Å². The molecule has 1 saturated heterocycles.